The zero-order valence-electron chi connectivity index (χ0n) is 15.7. The summed E-state index contributed by atoms with van der Waals surface area (Å²) in [4.78, 5) is 26.7. The maximum Gasteiger partial charge on any atom is 0.254 e. The second kappa shape index (κ2) is 8.64. The maximum absolute atomic E-state index is 12.7. The lowest BCUT2D eigenvalue weighted by atomic mass is 9.99. The Morgan fingerprint density at radius 3 is 2.50 bits per heavy atom. The molecule has 26 heavy (non-hydrogen) atoms. The van der Waals surface area contributed by atoms with E-state index in [1.54, 1.807) is 0 Å². The first-order valence-corrected chi connectivity index (χ1v) is 9.55. The Labute approximate surface area is 155 Å². The van der Waals surface area contributed by atoms with E-state index in [9.17, 15) is 9.59 Å². The molecule has 2 heterocycles. The lowest BCUT2D eigenvalue weighted by molar-refractivity contribution is -0.125. The topological polar surface area (TPSA) is 70.7 Å². The van der Waals surface area contributed by atoms with Crippen molar-refractivity contribution >= 4 is 11.8 Å². The molecule has 2 saturated heterocycles. The van der Waals surface area contributed by atoms with E-state index >= 15 is 0 Å². The summed E-state index contributed by atoms with van der Waals surface area (Å²) in [5, 5.41) is 6.26. The van der Waals surface area contributed by atoms with Crippen molar-refractivity contribution in [1.82, 2.24) is 15.5 Å². The van der Waals surface area contributed by atoms with Crippen LogP contribution in [-0.2, 0) is 16.1 Å². The van der Waals surface area contributed by atoms with Crippen LogP contribution in [0.1, 0.15) is 42.6 Å². The lowest BCUT2D eigenvalue weighted by Crippen LogP contribution is -2.48. The summed E-state index contributed by atoms with van der Waals surface area (Å²) >= 11 is 0. The summed E-state index contributed by atoms with van der Waals surface area (Å²) in [6, 6.07) is 7.52. The van der Waals surface area contributed by atoms with Gasteiger partial charge in [-0.1, -0.05) is 12.1 Å². The van der Waals surface area contributed by atoms with Crippen LogP contribution < -0.4 is 10.6 Å². The predicted octanol–water partition coefficient (Wildman–Crippen LogP) is 1.55. The van der Waals surface area contributed by atoms with Gasteiger partial charge in [0.15, 0.2) is 0 Å². The molecule has 0 bridgehead atoms. The Morgan fingerprint density at radius 1 is 1.19 bits per heavy atom. The van der Waals surface area contributed by atoms with Crippen LogP contribution in [0.5, 0.6) is 0 Å². The second-order valence-electron chi connectivity index (χ2n) is 7.43. The first-order chi connectivity index (χ1) is 12.5. The third-order valence-corrected chi connectivity index (χ3v) is 5.04. The van der Waals surface area contributed by atoms with E-state index in [1.165, 1.54) is 0 Å². The largest absolute Gasteiger partial charge is 0.372 e. The SMILES string of the molecule is CC1CN(C(=O)c2ccc(CNC(=O)C3CCCNC3)cc2)CC(C)O1. The van der Waals surface area contributed by atoms with E-state index in [4.69, 9.17) is 4.74 Å². The van der Waals surface area contributed by atoms with Crippen LogP contribution in [0.3, 0.4) is 0 Å². The van der Waals surface area contributed by atoms with Gasteiger partial charge in [-0.05, 0) is 50.9 Å². The van der Waals surface area contributed by atoms with E-state index in [2.05, 4.69) is 10.6 Å². The number of ether oxygens (including phenoxy) is 1. The number of carbonyl (C=O) groups excluding carboxylic acids is 2. The van der Waals surface area contributed by atoms with E-state index in [-0.39, 0.29) is 29.9 Å². The molecule has 0 aliphatic carbocycles. The minimum atomic E-state index is 0.0378. The molecule has 0 spiro atoms. The van der Waals surface area contributed by atoms with Crippen molar-refractivity contribution in [3.8, 4) is 0 Å². The predicted molar refractivity (Wildman–Crippen MR) is 99.8 cm³/mol. The molecule has 6 nitrogen and oxygen atoms in total. The number of nitrogens with zero attached hydrogens (tertiary/aromatic N) is 1. The van der Waals surface area contributed by atoms with Crippen LogP contribution in [-0.4, -0.2) is 55.1 Å². The van der Waals surface area contributed by atoms with Gasteiger partial charge in [-0.2, -0.15) is 0 Å². The van der Waals surface area contributed by atoms with E-state index in [1.807, 2.05) is 43.0 Å². The van der Waals surface area contributed by atoms with Crippen LogP contribution in [0.25, 0.3) is 0 Å². The van der Waals surface area contributed by atoms with Crippen LogP contribution in [0.15, 0.2) is 24.3 Å². The molecule has 0 radical (unpaired) electrons. The first kappa shape index (κ1) is 18.9. The molecular formula is C20H29N3O3. The monoisotopic (exact) mass is 359 g/mol. The smallest absolute Gasteiger partial charge is 0.254 e. The number of benzene rings is 1. The van der Waals surface area contributed by atoms with Gasteiger partial charge in [-0.25, -0.2) is 0 Å². The Balaban J connectivity index is 1.53. The number of nitrogens with one attached hydrogen (secondary N) is 2. The quantitative estimate of drug-likeness (QED) is 0.856. The molecule has 3 atom stereocenters. The fraction of sp³-hybridized carbons (Fsp3) is 0.600. The van der Waals surface area contributed by atoms with Gasteiger partial charge in [-0.15, -0.1) is 0 Å². The zero-order chi connectivity index (χ0) is 18.5. The van der Waals surface area contributed by atoms with Crippen LogP contribution in [0.4, 0.5) is 0 Å². The van der Waals surface area contributed by atoms with Crippen LogP contribution in [0, 0.1) is 5.92 Å². The van der Waals surface area contributed by atoms with Crippen molar-refractivity contribution in [3.05, 3.63) is 35.4 Å². The highest BCUT2D eigenvalue weighted by Crippen LogP contribution is 2.15. The Morgan fingerprint density at radius 2 is 1.88 bits per heavy atom. The maximum atomic E-state index is 12.7. The minimum Gasteiger partial charge on any atom is -0.372 e. The van der Waals surface area contributed by atoms with E-state index in [0.717, 1.165) is 31.5 Å². The fourth-order valence-corrected chi connectivity index (χ4v) is 3.70. The summed E-state index contributed by atoms with van der Waals surface area (Å²) in [5.41, 5.74) is 1.68. The number of morpholine rings is 1. The standard InChI is InChI=1S/C20H29N3O3/c1-14-12-23(13-15(2)26-14)20(25)17-7-5-16(6-8-17)10-22-19(24)18-4-3-9-21-11-18/h5-8,14-15,18,21H,3-4,9-13H2,1-2H3,(H,22,24). The molecule has 2 fully saturated rings. The number of piperidine rings is 1. The zero-order valence-corrected chi connectivity index (χ0v) is 15.7. The van der Waals surface area contributed by atoms with Crippen molar-refractivity contribution in [3.63, 3.8) is 0 Å². The number of rotatable bonds is 4. The molecule has 6 heteroatoms. The van der Waals surface area contributed by atoms with E-state index < -0.39 is 0 Å². The Kier molecular flexibility index (Phi) is 6.27. The van der Waals surface area contributed by atoms with Gasteiger partial charge < -0.3 is 20.3 Å². The Bertz CT molecular complexity index is 616. The number of carbonyl (C=O) groups is 2. The van der Waals surface area contributed by atoms with Crippen molar-refractivity contribution in [2.45, 2.75) is 45.4 Å². The summed E-state index contributed by atoms with van der Waals surface area (Å²) in [6.45, 7) is 7.48. The van der Waals surface area contributed by atoms with Gasteiger partial charge in [0, 0.05) is 31.7 Å². The molecule has 142 valence electrons. The van der Waals surface area contributed by atoms with Crippen LogP contribution >= 0.6 is 0 Å². The fourth-order valence-electron chi connectivity index (χ4n) is 3.70. The third-order valence-electron chi connectivity index (χ3n) is 5.04. The number of amides is 2. The summed E-state index contributed by atoms with van der Waals surface area (Å²) < 4.78 is 5.69. The second-order valence-corrected chi connectivity index (χ2v) is 7.43. The van der Waals surface area contributed by atoms with Crippen molar-refractivity contribution in [1.29, 1.82) is 0 Å². The molecule has 1 aromatic rings. The average molecular weight is 359 g/mol. The summed E-state index contributed by atoms with van der Waals surface area (Å²) in [7, 11) is 0. The average Bonchev–Trinajstić information content (AvgIpc) is 2.66. The molecule has 3 rings (SSSR count). The van der Waals surface area contributed by atoms with Gasteiger partial charge in [-0.3, -0.25) is 9.59 Å². The molecular weight excluding hydrogens is 330 g/mol. The summed E-state index contributed by atoms with van der Waals surface area (Å²) in [5.74, 6) is 0.208. The van der Waals surface area contributed by atoms with Gasteiger partial charge in [0.05, 0.1) is 18.1 Å². The molecule has 0 aromatic heterocycles. The van der Waals surface area contributed by atoms with Gasteiger partial charge in [0.1, 0.15) is 0 Å². The normalized spacial score (nSPS) is 26.4. The highest BCUT2D eigenvalue weighted by molar-refractivity contribution is 5.94. The van der Waals surface area contributed by atoms with Crippen molar-refractivity contribution < 1.29 is 14.3 Å². The molecule has 2 N–H and O–H groups in total. The van der Waals surface area contributed by atoms with Gasteiger partial charge in [0.2, 0.25) is 5.91 Å². The first-order valence-electron chi connectivity index (χ1n) is 9.55. The molecule has 3 unspecified atom stereocenters. The van der Waals surface area contributed by atoms with Crippen LogP contribution in [0.2, 0.25) is 0 Å². The van der Waals surface area contributed by atoms with Gasteiger partial charge >= 0.3 is 0 Å². The molecule has 2 amide bonds. The highest BCUT2D eigenvalue weighted by atomic mass is 16.5. The lowest BCUT2D eigenvalue weighted by Gasteiger charge is -2.35. The number of hydrogen-bond donors (Lipinski definition) is 2. The molecule has 1 aromatic carbocycles. The van der Waals surface area contributed by atoms with Gasteiger partial charge in [0.25, 0.3) is 5.91 Å². The Hall–Kier alpha value is -1.92. The molecule has 2 aliphatic heterocycles. The molecule has 0 saturated carbocycles. The van der Waals surface area contributed by atoms with Crippen molar-refractivity contribution in [2.24, 2.45) is 5.92 Å². The highest BCUT2D eigenvalue weighted by Gasteiger charge is 2.26. The minimum absolute atomic E-state index is 0.0378. The van der Waals surface area contributed by atoms with E-state index in [0.29, 0.717) is 25.2 Å². The van der Waals surface area contributed by atoms with Crippen molar-refractivity contribution in [2.75, 3.05) is 26.2 Å². The molecule has 2 aliphatic rings. The third kappa shape index (κ3) is 4.83. The number of hydrogen-bond acceptors (Lipinski definition) is 4. The summed E-state index contributed by atoms with van der Waals surface area (Å²) in [6.07, 6.45) is 2.12.